The third kappa shape index (κ3) is 13.4. The van der Waals surface area contributed by atoms with Gasteiger partial charge in [0.15, 0.2) is 59.8 Å². The first-order valence-corrected chi connectivity index (χ1v) is 17.3. The first kappa shape index (κ1) is 44.0. The molecule has 0 radical (unpaired) electrons. The molecule has 0 aromatic heterocycles. The number of aryl methyl sites for hydroxylation is 1. The molecule has 2 aromatic rings. The fraction of sp³-hybridized carbons (Fsp3) is 0.526. The van der Waals surface area contributed by atoms with Gasteiger partial charge in [0, 0.05) is 47.1 Å². The summed E-state index contributed by atoms with van der Waals surface area (Å²) in [6, 6.07) is 9.71. The molecule has 0 saturated carbocycles. The highest BCUT2D eigenvalue weighted by Gasteiger charge is 2.51. The molecule has 0 spiro atoms. The number of ether oxygens (including phenoxy) is 11. The predicted molar refractivity (Wildman–Crippen MR) is 188 cm³/mol. The van der Waals surface area contributed by atoms with Crippen LogP contribution in [0.25, 0.3) is 0 Å². The van der Waals surface area contributed by atoms with Crippen LogP contribution >= 0.6 is 0 Å². The maximum atomic E-state index is 12.3. The first-order chi connectivity index (χ1) is 26.0. The van der Waals surface area contributed by atoms with Gasteiger partial charge < -0.3 is 52.1 Å². The number of esters is 6. The number of hydrogen-bond donors (Lipinski definition) is 0. The van der Waals surface area contributed by atoms with Crippen molar-refractivity contribution in [1.82, 2.24) is 0 Å². The third-order valence-corrected chi connectivity index (χ3v) is 7.88. The van der Waals surface area contributed by atoms with E-state index >= 15 is 0 Å². The summed E-state index contributed by atoms with van der Waals surface area (Å²) in [6.45, 7) is 8.66. The SMILES string of the molecule is COc1cc([C@H](OC(C)=O)[C@H](COC(C)=O)Oc2ccc(CCCO[C@@H]3O[C@@H](C)[C@H](OC(C)=O)[C@@H](OC(C)=O)[C@H]3OC(C)=O)cc2OC)ccc1OC(C)=O. The Balaban J connectivity index is 1.80. The van der Waals surface area contributed by atoms with Crippen molar-refractivity contribution in [3.8, 4) is 23.0 Å². The van der Waals surface area contributed by atoms with E-state index in [1.54, 1.807) is 31.2 Å². The van der Waals surface area contributed by atoms with Gasteiger partial charge in [-0.05, 0) is 49.6 Å². The van der Waals surface area contributed by atoms with Gasteiger partial charge in [0.25, 0.3) is 0 Å². The fourth-order valence-electron chi connectivity index (χ4n) is 5.73. The normalized spacial score (nSPS) is 20.1. The molecule has 0 amide bonds. The minimum Gasteiger partial charge on any atom is -0.493 e. The molecule has 3 rings (SSSR count). The van der Waals surface area contributed by atoms with Crippen molar-refractivity contribution in [2.45, 2.75) is 104 Å². The van der Waals surface area contributed by atoms with E-state index in [-0.39, 0.29) is 30.5 Å². The molecule has 17 nitrogen and oxygen atoms in total. The summed E-state index contributed by atoms with van der Waals surface area (Å²) in [7, 11) is 2.82. The molecule has 17 heteroatoms. The van der Waals surface area contributed by atoms with Crippen molar-refractivity contribution < 1.29 is 80.9 Å². The molecule has 0 unspecified atom stereocenters. The highest BCUT2D eigenvalue weighted by atomic mass is 16.7. The summed E-state index contributed by atoms with van der Waals surface area (Å²) >= 11 is 0. The molecular weight excluding hydrogens is 728 g/mol. The minimum atomic E-state index is -1.22. The van der Waals surface area contributed by atoms with Gasteiger partial charge >= 0.3 is 35.8 Å². The first-order valence-electron chi connectivity index (χ1n) is 17.3. The molecule has 1 saturated heterocycles. The lowest BCUT2D eigenvalue weighted by molar-refractivity contribution is -0.300. The largest absolute Gasteiger partial charge is 0.493 e. The molecule has 0 aliphatic carbocycles. The lowest BCUT2D eigenvalue weighted by Crippen LogP contribution is -2.61. The number of methoxy groups -OCH3 is 2. The van der Waals surface area contributed by atoms with Gasteiger partial charge in [-0.2, -0.15) is 0 Å². The van der Waals surface area contributed by atoms with E-state index in [0.29, 0.717) is 24.2 Å². The molecule has 1 aliphatic heterocycles. The van der Waals surface area contributed by atoms with Crippen molar-refractivity contribution in [2.75, 3.05) is 27.4 Å². The smallest absolute Gasteiger partial charge is 0.308 e. The molecule has 7 atom stereocenters. The molecule has 2 aromatic carbocycles. The van der Waals surface area contributed by atoms with Crippen molar-refractivity contribution in [1.29, 1.82) is 0 Å². The standard InChI is InChI=1S/C38H48O17/c1-20-34(51-23(4)41)36(53-25(6)43)37(54-26(7)44)38(49-20)47-16-10-11-27-12-14-30(31(17-27)45-8)55-33(19-48-21(2)39)35(52-24(5)42)28-13-15-29(50-22(3)40)32(18-28)46-9/h12-15,17-18,20,33-38H,10-11,16,19H2,1-9H3/t20-,33-,34-,35-,36+,37+,38+/m0/s1. The van der Waals surface area contributed by atoms with Crippen LogP contribution in [0.15, 0.2) is 36.4 Å². The Morgan fingerprint density at radius 3 is 1.85 bits per heavy atom. The molecule has 302 valence electrons. The maximum Gasteiger partial charge on any atom is 0.308 e. The van der Waals surface area contributed by atoms with Crippen LogP contribution < -0.4 is 18.9 Å². The molecular formula is C38H48O17. The summed E-state index contributed by atoms with van der Waals surface area (Å²) in [6.07, 6.45) is -6.63. The van der Waals surface area contributed by atoms with Crippen LogP contribution in [0, 0.1) is 0 Å². The van der Waals surface area contributed by atoms with Crippen LogP contribution in [0.3, 0.4) is 0 Å². The van der Waals surface area contributed by atoms with Gasteiger partial charge in [0.05, 0.1) is 26.9 Å². The second-order valence-electron chi connectivity index (χ2n) is 12.4. The monoisotopic (exact) mass is 776 g/mol. The lowest BCUT2D eigenvalue weighted by Gasteiger charge is -2.43. The van der Waals surface area contributed by atoms with Crippen LogP contribution in [0.1, 0.15) is 72.1 Å². The average molecular weight is 777 g/mol. The van der Waals surface area contributed by atoms with Crippen LogP contribution in [0.4, 0.5) is 0 Å². The molecule has 1 fully saturated rings. The van der Waals surface area contributed by atoms with Crippen LogP contribution in [0.5, 0.6) is 23.0 Å². The second-order valence-corrected chi connectivity index (χ2v) is 12.4. The number of carbonyl (C=O) groups is 6. The molecule has 55 heavy (non-hydrogen) atoms. The Morgan fingerprint density at radius 2 is 1.27 bits per heavy atom. The van der Waals surface area contributed by atoms with Gasteiger partial charge in [-0.1, -0.05) is 12.1 Å². The second kappa shape index (κ2) is 20.9. The highest BCUT2D eigenvalue weighted by molar-refractivity contribution is 5.71. The Morgan fingerprint density at radius 1 is 0.673 bits per heavy atom. The van der Waals surface area contributed by atoms with Gasteiger partial charge in [-0.3, -0.25) is 28.8 Å². The van der Waals surface area contributed by atoms with Crippen molar-refractivity contribution >= 4 is 35.8 Å². The Bertz CT molecular complexity index is 1670. The van der Waals surface area contributed by atoms with E-state index in [1.807, 2.05) is 0 Å². The van der Waals surface area contributed by atoms with Crippen molar-refractivity contribution in [2.24, 2.45) is 0 Å². The quantitative estimate of drug-likeness (QED) is 0.0916. The van der Waals surface area contributed by atoms with E-state index in [1.165, 1.54) is 67.9 Å². The van der Waals surface area contributed by atoms with E-state index in [2.05, 4.69) is 0 Å². The number of rotatable bonds is 18. The maximum absolute atomic E-state index is 12.3. The number of carbonyl (C=O) groups excluding carboxylic acids is 6. The van der Waals surface area contributed by atoms with Crippen molar-refractivity contribution in [3.05, 3.63) is 47.5 Å². The van der Waals surface area contributed by atoms with Crippen LogP contribution in [-0.4, -0.2) is 100 Å². The Kier molecular flexibility index (Phi) is 16.7. The molecule has 1 aliphatic rings. The summed E-state index contributed by atoms with van der Waals surface area (Å²) < 4.78 is 61.6. The summed E-state index contributed by atoms with van der Waals surface area (Å²) in [5.41, 5.74) is 1.21. The number of hydrogen-bond acceptors (Lipinski definition) is 17. The predicted octanol–water partition coefficient (Wildman–Crippen LogP) is 3.73. The van der Waals surface area contributed by atoms with Gasteiger partial charge in [0.1, 0.15) is 6.61 Å². The molecule has 0 bridgehead atoms. The summed E-state index contributed by atoms with van der Waals surface area (Å²) in [4.78, 5) is 71.4. The Hall–Kier alpha value is -5.42. The zero-order valence-electron chi connectivity index (χ0n) is 32.3. The molecule has 0 N–H and O–H groups in total. The van der Waals surface area contributed by atoms with Crippen LogP contribution in [0.2, 0.25) is 0 Å². The Labute approximate surface area is 318 Å². The molecule has 1 heterocycles. The van der Waals surface area contributed by atoms with Gasteiger partial charge in [-0.15, -0.1) is 0 Å². The van der Waals surface area contributed by atoms with Crippen LogP contribution in [-0.2, 0) is 68.3 Å². The van der Waals surface area contributed by atoms with Crippen molar-refractivity contribution in [3.63, 3.8) is 0 Å². The fourth-order valence-corrected chi connectivity index (χ4v) is 5.73. The lowest BCUT2D eigenvalue weighted by atomic mass is 9.99. The third-order valence-electron chi connectivity index (χ3n) is 7.88. The van der Waals surface area contributed by atoms with E-state index < -0.39 is 78.7 Å². The summed E-state index contributed by atoms with van der Waals surface area (Å²) in [5, 5.41) is 0. The minimum absolute atomic E-state index is 0.120. The van der Waals surface area contributed by atoms with E-state index in [0.717, 1.165) is 5.56 Å². The van der Waals surface area contributed by atoms with Gasteiger partial charge in [0.2, 0.25) is 0 Å². The number of benzene rings is 2. The summed E-state index contributed by atoms with van der Waals surface area (Å²) in [5.74, 6) is -2.92. The van der Waals surface area contributed by atoms with E-state index in [4.69, 9.17) is 52.1 Å². The highest BCUT2D eigenvalue weighted by Crippen LogP contribution is 2.37. The average Bonchev–Trinajstić information content (AvgIpc) is 3.10. The van der Waals surface area contributed by atoms with Gasteiger partial charge in [-0.25, -0.2) is 0 Å². The zero-order valence-corrected chi connectivity index (χ0v) is 32.3. The topological polar surface area (TPSA) is 204 Å². The van der Waals surface area contributed by atoms with E-state index in [9.17, 15) is 28.8 Å². The zero-order chi connectivity index (χ0) is 40.8.